The van der Waals surface area contributed by atoms with Crippen LogP contribution in [0.4, 0.5) is 11.4 Å². The summed E-state index contributed by atoms with van der Waals surface area (Å²) >= 11 is 1.47. The van der Waals surface area contributed by atoms with Crippen LogP contribution in [0.2, 0.25) is 0 Å². The molecule has 0 unspecified atom stereocenters. The number of rotatable bonds is 6. The number of nitrogens with two attached hydrogens (primary N) is 1. The highest BCUT2D eigenvalue weighted by Crippen LogP contribution is 2.34. The summed E-state index contributed by atoms with van der Waals surface area (Å²) in [7, 11) is -7.61. The molecule has 0 saturated carbocycles. The van der Waals surface area contributed by atoms with Gasteiger partial charge in [-0.15, -0.1) is 11.8 Å². The van der Waals surface area contributed by atoms with Crippen molar-refractivity contribution in [3.05, 3.63) is 42.5 Å². The number of thioether (sulfide) groups is 1. The van der Waals surface area contributed by atoms with Crippen LogP contribution in [0.3, 0.4) is 0 Å². The van der Waals surface area contributed by atoms with Gasteiger partial charge in [0.25, 0.3) is 0 Å². The molecule has 0 aromatic heterocycles. The van der Waals surface area contributed by atoms with E-state index in [1.54, 1.807) is 13.0 Å². The van der Waals surface area contributed by atoms with E-state index in [9.17, 15) is 26.4 Å². The SMILES string of the molecule is C[C@H]1CSc2ccc(S(=O)(=O)CCC(=O)Nc3ccc(S(N)(=O)=O)cc3)cc2NC1=O. The van der Waals surface area contributed by atoms with E-state index in [0.717, 1.165) is 4.90 Å². The van der Waals surface area contributed by atoms with E-state index in [-0.39, 0.29) is 28.0 Å². The minimum Gasteiger partial charge on any atom is -0.326 e. The molecule has 1 aliphatic rings. The number of sulfone groups is 1. The van der Waals surface area contributed by atoms with E-state index in [2.05, 4.69) is 10.6 Å². The van der Waals surface area contributed by atoms with E-state index in [1.807, 2.05) is 0 Å². The fourth-order valence-electron chi connectivity index (χ4n) is 2.77. The largest absolute Gasteiger partial charge is 0.326 e. The Morgan fingerprint density at radius 2 is 1.77 bits per heavy atom. The molecule has 2 aromatic carbocycles. The van der Waals surface area contributed by atoms with E-state index < -0.39 is 31.5 Å². The first-order valence-electron chi connectivity index (χ1n) is 9.19. The van der Waals surface area contributed by atoms with Gasteiger partial charge < -0.3 is 10.6 Å². The second kappa shape index (κ2) is 8.99. The van der Waals surface area contributed by atoms with Crippen LogP contribution < -0.4 is 15.8 Å². The lowest BCUT2D eigenvalue weighted by molar-refractivity contribution is -0.118. The number of hydrogen-bond donors (Lipinski definition) is 3. The predicted octanol–water partition coefficient (Wildman–Crippen LogP) is 1.82. The van der Waals surface area contributed by atoms with Gasteiger partial charge in [0.2, 0.25) is 21.8 Å². The molecule has 0 radical (unpaired) electrons. The van der Waals surface area contributed by atoms with Gasteiger partial charge in [-0.2, -0.15) is 0 Å². The lowest BCUT2D eigenvalue weighted by atomic mass is 10.2. The molecule has 9 nitrogen and oxygen atoms in total. The Balaban J connectivity index is 1.65. The minimum atomic E-state index is -3.84. The summed E-state index contributed by atoms with van der Waals surface area (Å²) < 4.78 is 47.9. The Morgan fingerprint density at radius 3 is 2.42 bits per heavy atom. The van der Waals surface area contributed by atoms with Gasteiger partial charge in [0.1, 0.15) is 0 Å². The number of benzene rings is 2. The first kappa shape index (κ1) is 23.3. The molecular formula is C19H21N3O6S3. The molecule has 166 valence electrons. The van der Waals surface area contributed by atoms with Gasteiger partial charge >= 0.3 is 0 Å². The third-order valence-corrected chi connectivity index (χ3v) is 8.55. The summed E-state index contributed by atoms with van der Waals surface area (Å²) in [6.07, 6.45) is -0.297. The van der Waals surface area contributed by atoms with Gasteiger partial charge in [-0.1, -0.05) is 6.92 Å². The zero-order valence-corrected chi connectivity index (χ0v) is 18.9. The fraction of sp³-hybridized carbons (Fsp3) is 0.263. The maximum absolute atomic E-state index is 12.7. The first-order chi connectivity index (χ1) is 14.5. The van der Waals surface area contributed by atoms with Crippen molar-refractivity contribution in [3.8, 4) is 0 Å². The summed E-state index contributed by atoms with van der Waals surface area (Å²) in [5.41, 5.74) is 0.758. The normalized spacial score (nSPS) is 16.7. The van der Waals surface area contributed by atoms with Gasteiger partial charge in [0.15, 0.2) is 9.84 Å². The number of sulfonamides is 1. The average molecular weight is 484 g/mol. The molecule has 0 fully saturated rings. The summed E-state index contributed by atoms with van der Waals surface area (Å²) in [5.74, 6) is -0.735. The minimum absolute atomic E-state index is 0.0204. The molecule has 4 N–H and O–H groups in total. The van der Waals surface area contributed by atoms with Crippen molar-refractivity contribution < 1.29 is 26.4 Å². The molecule has 1 aliphatic heterocycles. The van der Waals surface area contributed by atoms with Crippen molar-refractivity contribution in [2.75, 3.05) is 22.1 Å². The van der Waals surface area contributed by atoms with Gasteiger partial charge in [-0.05, 0) is 42.5 Å². The van der Waals surface area contributed by atoms with Crippen LogP contribution >= 0.6 is 11.8 Å². The van der Waals surface area contributed by atoms with E-state index in [1.165, 1.54) is 48.2 Å². The van der Waals surface area contributed by atoms with Crippen molar-refractivity contribution in [2.24, 2.45) is 11.1 Å². The lowest BCUT2D eigenvalue weighted by Crippen LogP contribution is -2.20. The van der Waals surface area contributed by atoms with Crippen molar-refractivity contribution >= 4 is 54.8 Å². The second-order valence-electron chi connectivity index (χ2n) is 7.05. The topological polar surface area (TPSA) is 152 Å². The Kier molecular flexibility index (Phi) is 6.74. The van der Waals surface area contributed by atoms with Crippen LogP contribution in [0, 0.1) is 5.92 Å². The van der Waals surface area contributed by atoms with Crippen LogP contribution in [-0.2, 0) is 29.4 Å². The van der Waals surface area contributed by atoms with Crippen LogP contribution in [-0.4, -0.2) is 40.2 Å². The summed E-state index contributed by atoms with van der Waals surface area (Å²) in [6, 6.07) is 9.73. The molecule has 0 spiro atoms. The summed E-state index contributed by atoms with van der Waals surface area (Å²) in [4.78, 5) is 24.9. The third-order valence-electron chi connectivity index (χ3n) is 4.57. The number of hydrogen-bond acceptors (Lipinski definition) is 7. The third kappa shape index (κ3) is 5.85. The number of nitrogens with one attached hydrogen (secondary N) is 2. The van der Waals surface area contributed by atoms with E-state index in [4.69, 9.17) is 5.14 Å². The zero-order valence-electron chi connectivity index (χ0n) is 16.5. The monoisotopic (exact) mass is 483 g/mol. The van der Waals surface area contributed by atoms with Crippen molar-refractivity contribution in [1.82, 2.24) is 0 Å². The van der Waals surface area contributed by atoms with Gasteiger partial charge in [0, 0.05) is 28.7 Å². The molecule has 31 heavy (non-hydrogen) atoms. The standard InChI is InChI=1S/C19H21N3O6S3/c1-12-11-29-17-7-6-15(10-16(17)22-19(12)24)30(25,26)9-8-18(23)21-13-2-4-14(5-3-13)31(20,27)28/h2-7,10,12H,8-9,11H2,1H3,(H,21,23)(H,22,24)(H2,20,27,28)/t12-/m0/s1. The van der Waals surface area contributed by atoms with E-state index in [0.29, 0.717) is 17.1 Å². The molecule has 2 amide bonds. The maximum Gasteiger partial charge on any atom is 0.238 e. The highest BCUT2D eigenvalue weighted by Gasteiger charge is 2.23. The van der Waals surface area contributed by atoms with Crippen LogP contribution in [0.1, 0.15) is 13.3 Å². The highest BCUT2D eigenvalue weighted by atomic mass is 32.2. The molecular weight excluding hydrogens is 462 g/mol. The number of amides is 2. The predicted molar refractivity (Wildman–Crippen MR) is 118 cm³/mol. The number of anilines is 2. The average Bonchev–Trinajstić information content (AvgIpc) is 2.84. The number of carbonyl (C=O) groups excluding carboxylic acids is 2. The lowest BCUT2D eigenvalue weighted by Gasteiger charge is -2.10. The molecule has 3 rings (SSSR count). The summed E-state index contributed by atoms with van der Waals surface area (Å²) in [6.45, 7) is 1.80. The zero-order chi connectivity index (χ0) is 22.8. The van der Waals surface area contributed by atoms with Crippen LogP contribution in [0.25, 0.3) is 0 Å². The number of carbonyl (C=O) groups is 2. The van der Waals surface area contributed by atoms with Crippen molar-refractivity contribution in [1.29, 1.82) is 0 Å². The molecule has 0 bridgehead atoms. The second-order valence-corrected chi connectivity index (χ2v) is 11.8. The van der Waals surface area contributed by atoms with Crippen molar-refractivity contribution in [2.45, 2.75) is 28.0 Å². The van der Waals surface area contributed by atoms with Gasteiger partial charge in [0.05, 0.1) is 21.2 Å². The molecule has 2 aromatic rings. The number of primary sulfonamides is 1. The Morgan fingerprint density at radius 1 is 1.13 bits per heavy atom. The molecule has 0 saturated heterocycles. The molecule has 1 atom stereocenters. The Bertz CT molecular complexity index is 1230. The van der Waals surface area contributed by atoms with Crippen LogP contribution in [0.5, 0.6) is 0 Å². The first-order valence-corrected chi connectivity index (χ1v) is 13.4. The molecule has 1 heterocycles. The van der Waals surface area contributed by atoms with E-state index >= 15 is 0 Å². The number of fused-ring (bicyclic) bond motifs is 1. The molecule has 0 aliphatic carbocycles. The Hall–Kier alpha value is -2.41. The quantitative estimate of drug-likeness (QED) is 0.566. The molecule has 12 heteroatoms. The smallest absolute Gasteiger partial charge is 0.238 e. The fourth-order valence-corrected chi connectivity index (χ4v) is 5.56. The van der Waals surface area contributed by atoms with Crippen molar-refractivity contribution in [3.63, 3.8) is 0 Å². The summed E-state index contributed by atoms with van der Waals surface area (Å²) in [5, 5.41) is 10.3. The Labute approximate surface area is 184 Å². The van der Waals surface area contributed by atoms with Gasteiger partial charge in [-0.3, -0.25) is 9.59 Å². The van der Waals surface area contributed by atoms with Gasteiger partial charge in [-0.25, -0.2) is 22.0 Å². The van der Waals surface area contributed by atoms with Crippen LogP contribution in [0.15, 0.2) is 57.2 Å². The maximum atomic E-state index is 12.7. The highest BCUT2D eigenvalue weighted by molar-refractivity contribution is 7.99.